The number of rotatable bonds is 2. The highest BCUT2D eigenvalue weighted by atomic mass is 16.3. The number of amides is 3. The van der Waals surface area contributed by atoms with E-state index >= 15 is 0 Å². The van der Waals surface area contributed by atoms with Gasteiger partial charge in [0.15, 0.2) is 0 Å². The summed E-state index contributed by atoms with van der Waals surface area (Å²) in [5.74, 6) is -1.36. The lowest BCUT2D eigenvalue weighted by atomic mass is 10.1. The van der Waals surface area contributed by atoms with E-state index in [1.807, 2.05) is 0 Å². The molecular formula is C15H10N2O4. The molecule has 3 N–H and O–H groups in total. The number of hydrogen-bond donors (Lipinski definition) is 3. The van der Waals surface area contributed by atoms with E-state index in [4.69, 9.17) is 0 Å². The summed E-state index contributed by atoms with van der Waals surface area (Å²) in [6.45, 7) is 0. The molecular weight excluding hydrogens is 272 g/mol. The van der Waals surface area contributed by atoms with Crippen LogP contribution in [0.5, 0.6) is 5.75 Å². The molecule has 2 aromatic rings. The van der Waals surface area contributed by atoms with E-state index in [1.54, 1.807) is 12.1 Å². The second-order valence-corrected chi connectivity index (χ2v) is 4.55. The molecule has 6 nitrogen and oxygen atoms in total. The van der Waals surface area contributed by atoms with E-state index in [-0.39, 0.29) is 22.4 Å². The highest BCUT2D eigenvalue weighted by molar-refractivity contribution is 6.22. The van der Waals surface area contributed by atoms with Gasteiger partial charge in [-0.05, 0) is 36.4 Å². The summed E-state index contributed by atoms with van der Waals surface area (Å²) in [5, 5.41) is 14.1. The smallest absolute Gasteiger partial charge is 0.259 e. The molecule has 0 atom stereocenters. The maximum Gasteiger partial charge on any atom is 0.259 e. The van der Waals surface area contributed by atoms with Gasteiger partial charge in [-0.1, -0.05) is 6.07 Å². The first-order valence-corrected chi connectivity index (χ1v) is 6.15. The fourth-order valence-electron chi connectivity index (χ4n) is 2.10. The third kappa shape index (κ3) is 2.34. The summed E-state index contributed by atoms with van der Waals surface area (Å²) in [4.78, 5) is 35.0. The number of carbonyl (C=O) groups is 3. The van der Waals surface area contributed by atoms with Crippen LogP contribution in [0.15, 0.2) is 42.5 Å². The summed E-state index contributed by atoms with van der Waals surface area (Å²) in [6, 6.07) is 10.4. The van der Waals surface area contributed by atoms with Crippen LogP contribution < -0.4 is 10.6 Å². The quantitative estimate of drug-likeness (QED) is 0.728. The summed E-state index contributed by atoms with van der Waals surface area (Å²) in [7, 11) is 0. The maximum atomic E-state index is 12.0. The van der Waals surface area contributed by atoms with Crippen LogP contribution in [0.1, 0.15) is 31.1 Å². The molecule has 0 aromatic heterocycles. The zero-order valence-electron chi connectivity index (χ0n) is 10.7. The molecule has 3 rings (SSSR count). The molecule has 0 unspecified atom stereocenters. The normalized spacial score (nSPS) is 12.8. The third-order valence-electron chi connectivity index (χ3n) is 3.10. The molecule has 2 aromatic carbocycles. The van der Waals surface area contributed by atoms with E-state index in [2.05, 4.69) is 10.6 Å². The average molecular weight is 282 g/mol. The van der Waals surface area contributed by atoms with Crippen molar-refractivity contribution in [2.24, 2.45) is 0 Å². The number of benzene rings is 2. The molecule has 0 bridgehead atoms. The fourth-order valence-corrected chi connectivity index (χ4v) is 2.10. The van der Waals surface area contributed by atoms with Crippen LogP contribution in [-0.2, 0) is 0 Å². The Kier molecular flexibility index (Phi) is 2.91. The zero-order valence-corrected chi connectivity index (χ0v) is 10.7. The molecule has 3 amide bonds. The molecule has 0 saturated heterocycles. The highest BCUT2D eigenvalue weighted by Gasteiger charge is 2.26. The Morgan fingerprint density at radius 1 is 1.00 bits per heavy atom. The second kappa shape index (κ2) is 4.75. The lowest BCUT2D eigenvalue weighted by molar-refractivity contribution is 0.0878. The van der Waals surface area contributed by atoms with Crippen LogP contribution in [-0.4, -0.2) is 22.8 Å². The average Bonchev–Trinajstić information content (AvgIpc) is 2.74. The number of imide groups is 1. The summed E-state index contributed by atoms with van der Waals surface area (Å²) in [5.41, 5.74) is 1.20. The molecule has 1 heterocycles. The van der Waals surface area contributed by atoms with Crippen LogP contribution in [0.4, 0.5) is 5.69 Å². The van der Waals surface area contributed by atoms with Crippen molar-refractivity contribution < 1.29 is 19.5 Å². The number of carbonyl (C=O) groups excluding carboxylic acids is 3. The minimum absolute atomic E-state index is 0.0124. The predicted molar refractivity (Wildman–Crippen MR) is 74.3 cm³/mol. The zero-order chi connectivity index (χ0) is 15.0. The Labute approximate surface area is 119 Å². The van der Waals surface area contributed by atoms with Gasteiger partial charge < -0.3 is 10.4 Å². The third-order valence-corrected chi connectivity index (χ3v) is 3.10. The van der Waals surface area contributed by atoms with Crippen LogP contribution in [0.25, 0.3) is 0 Å². The van der Waals surface area contributed by atoms with E-state index in [9.17, 15) is 19.5 Å². The number of phenols is 1. The van der Waals surface area contributed by atoms with Crippen LogP contribution in [0.2, 0.25) is 0 Å². The van der Waals surface area contributed by atoms with Gasteiger partial charge in [-0.15, -0.1) is 0 Å². The van der Waals surface area contributed by atoms with Crippen LogP contribution >= 0.6 is 0 Å². The maximum absolute atomic E-state index is 12.0. The van der Waals surface area contributed by atoms with Crippen molar-refractivity contribution in [3.05, 3.63) is 59.2 Å². The molecule has 1 aliphatic heterocycles. The molecule has 0 aliphatic carbocycles. The Hall–Kier alpha value is -3.15. The van der Waals surface area contributed by atoms with Crippen molar-refractivity contribution in [1.82, 2.24) is 5.32 Å². The highest BCUT2D eigenvalue weighted by Crippen LogP contribution is 2.21. The topological polar surface area (TPSA) is 95.5 Å². The van der Waals surface area contributed by atoms with Crippen molar-refractivity contribution in [2.75, 3.05) is 5.32 Å². The molecule has 0 spiro atoms. The summed E-state index contributed by atoms with van der Waals surface area (Å²) >= 11 is 0. The van der Waals surface area contributed by atoms with E-state index < -0.39 is 17.7 Å². The lowest BCUT2D eigenvalue weighted by Gasteiger charge is -2.06. The lowest BCUT2D eigenvalue weighted by Crippen LogP contribution is -2.19. The number of fused-ring (bicyclic) bond motifs is 1. The largest absolute Gasteiger partial charge is 0.508 e. The summed E-state index contributed by atoms with van der Waals surface area (Å²) in [6.07, 6.45) is 0. The molecule has 1 aliphatic rings. The van der Waals surface area contributed by atoms with E-state index in [0.29, 0.717) is 5.69 Å². The van der Waals surface area contributed by atoms with Crippen LogP contribution in [0, 0.1) is 0 Å². The monoisotopic (exact) mass is 282 g/mol. The predicted octanol–water partition coefficient (Wildman–Crippen LogP) is 1.53. The summed E-state index contributed by atoms with van der Waals surface area (Å²) < 4.78 is 0. The standard InChI is InChI=1S/C15H10N2O4/c18-10-3-1-2-8(6-10)13(19)16-9-4-5-11-12(7-9)15(21)17-14(11)20/h1-7,18H,(H,16,19)(H,17,20,21). The van der Waals surface area contributed by atoms with Gasteiger partial charge in [-0.25, -0.2) is 0 Å². The first-order chi connectivity index (χ1) is 10.0. The molecule has 0 radical (unpaired) electrons. The minimum Gasteiger partial charge on any atom is -0.508 e. The molecule has 21 heavy (non-hydrogen) atoms. The van der Waals surface area contributed by atoms with Gasteiger partial charge in [0.05, 0.1) is 11.1 Å². The van der Waals surface area contributed by atoms with Crippen molar-refractivity contribution in [1.29, 1.82) is 0 Å². The Balaban J connectivity index is 1.86. The van der Waals surface area contributed by atoms with Gasteiger partial charge in [0.25, 0.3) is 17.7 Å². The molecule has 104 valence electrons. The van der Waals surface area contributed by atoms with Gasteiger partial charge in [0.2, 0.25) is 0 Å². The van der Waals surface area contributed by atoms with Gasteiger partial charge in [0, 0.05) is 11.3 Å². The van der Waals surface area contributed by atoms with Crippen molar-refractivity contribution >= 4 is 23.4 Å². The van der Waals surface area contributed by atoms with Crippen molar-refractivity contribution in [2.45, 2.75) is 0 Å². The minimum atomic E-state index is -0.483. The number of phenolic OH excluding ortho intramolecular Hbond substituents is 1. The number of anilines is 1. The Bertz CT molecular complexity index is 783. The fraction of sp³-hybridized carbons (Fsp3) is 0. The Morgan fingerprint density at radius 3 is 2.52 bits per heavy atom. The van der Waals surface area contributed by atoms with Gasteiger partial charge in [-0.3, -0.25) is 19.7 Å². The first-order valence-electron chi connectivity index (χ1n) is 6.15. The molecule has 0 saturated carbocycles. The molecule has 0 fully saturated rings. The number of hydrogen-bond acceptors (Lipinski definition) is 4. The van der Waals surface area contributed by atoms with Gasteiger partial charge in [-0.2, -0.15) is 0 Å². The van der Waals surface area contributed by atoms with Gasteiger partial charge >= 0.3 is 0 Å². The molecule has 6 heteroatoms. The Morgan fingerprint density at radius 2 is 1.76 bits per heavy atom. The van der Waals surface area contributed by atoms with Crippen molar-refractivity contribution in [3.63, 3.8) is 0 Å². The first kappa shape index (κ1) is 12.9. The van der Waals surface area contributed by atoms with Crippen LogP contribution in [0.3, 0.4) is 0 Å². The number of aromatic hydroxyl groups is 1. The van der Waals surface area contributed by atoms with Gasteiger partial charge in [0.1, 0.15) is 5.75 Å². The van der Waals surface area contributed by atoms with Crippen molar-refractivity contribution in [3.8, 4) is 5.75 Å². The SMILES string of the molecule is O=C(Nc1ccc2c(c1)C(=O)NC2=O)c1cccc(O)c1. The van der Waals surface area contributed by atoms with E-state index in [1.165, 1.54) is 30.3 Å². The van der Waals surface area contributed by atoms with E-state index in [0.717, 1.165) is 0 Å². The second-order valence-electron chi connectivity index (χ2n) is 4.55. The number of nitrogens with one attached hydrogen (secondary N) is 2.